The summed E-state index contributed by atoms with van der Waals surface area (Å²) >= 11 is 6.00. The highest BCUT2D eigenvalue weighted by Crippen LogP contribution is 2.53. The number of rotatable bonds is 1. The summed E-state index contributed by atoms with van der Waals surface area (Å²) in [6, 6.07) is 4.98. The van der Waals surface area contributed by atoms with Gasteiger partial charge in [-0.15, -0.1) is 0 Å². The van der Waals surface area contributed by atoms with Crippen molar-refractivity contribution in [1.82, 2.24) is 0 Å². The van der Waals surface area contributed by atoms with Crippen molar-refractivity contribution in [3.63, 3.8) is 0 Å². The molecule has 1 nitrogen and oxygen atoms in total. The highest BCUT2D eigenvalue weighted by molar-refractivity contribution is 6.31. The van der Waals surface area contributed by atoms with E-state index in [0.717, 1.165) is 18.2 Å². The number of nitriles is 1. The van der Waals surface area contributed by atoms with E-state index >= 15 is 0 Å². The van der Waals surface area contributed by atoms with Crippen molar-refractivity contribution in [3.05, 3.63) is 68.2 Å². The van der Waals surface area contributed by atoms with Crippen LogP contribution in [-0.2, 0) is 6.42 Å². The smallest absolute Gasteiger partial charge is 0.242 e. The second-order valence-corrected chi connectivity index (χ2v) is 7.86. The Morgan fingerprint density at radius 1 is 1.11 bits per heavy atom. The molecule has 0 saturated carbocycles. The van der Waals surface area contributed by atoms with Gasteiger partial charge in [-0.05, 0) is 58.9 Å². The van der Waals surface area contributed by atoms with E-state index in [1.807, 2.05) is 6.07 Å². The third-order valence-electron chi connectivity index (χ3n) is 5.95. The molecular formula is C21H15ClF5N. The summed E-state index contributed by atoms with van der Waals surface area (Å²) in [6.07, 6.45) is -1.86. The van der Waals surface area contributed by atoms with Crippen LogP contribution in [0, 0.1) is 23.0 Å². The van der Waals surface area contributed by atoms with Gasteiger partial charge in [0.05, 0.1) is 16.7 Å². The maximum absolute atomic E-state index is 14.5. The molecular weight excluding hydrogens is 397 g/mol. The molecule has 0 aromatic heterocycles. The Kier molecular flexibility index (Phi) is 4.42. The average Bonchev–Trinajstić information content (AvgIpc) is 2.88. The number of alkyl halides is 3. The summed E-state index contributed by atoms with van der Waals surface area (Å²) in [4.78, 5) is 0. The molecule has 2 aromatic carbocycles. The van der Waals surface area contributed by atoms with Crippen LogP contribution in [0.15, 0.2) is 18.2 Å². The number of nitrogens with zero attached hydrogens (tertiary/aromatic N) is 1. The van der Waals surface area contributed by atoms with Crippen LogP contribution >= 0.6 is 11.6 Å². The maximum Gasteiger partial charge on any atom is 0.258 e. The Morgan fingerprint density at radius 2 is 1.82 bits per heavy atom. The average molecular weight is 412 g/mol. The first-order valence-electron chi connectivity index (χ1n) is 8.91. The van der Waals surface area contributed by atoms with Gasteiger partial charge in [-0.1, -0.05) is 18.5 Å². The Bertz CT molecular complexity index is 1030. The number of benzene rings is 2. The zero-order chi connectivity index (χ0) is 20.4. The zero-order valence-electron chi connectivity index (χ0n) is 14.8. The molecule has 0 unspecified atom stereocenters. The van der Waals surface area contributed by atoms with Gasteiger partial charge in [0.2, 0.25) is 0 Å². The molecule has 28 heavy (non-hydrogen) atoms. The molecule has 0 N–H and O–H groups in total. The summed E-state index contributed by atoms with van der Waals surface area (Å²) in [5.74, 6) is -6.60. The second-order valence-electron chi connectivity index (χ2n) is 7.48. The highest BCUT2D eigenvalue weighted by atomic mass is 35.5. The van der Waals surface area contributed by atoms with Crippen molar-refractivity contribution in [2.45, 2.75) is 50.1 Å². The van der Waals surface area contributed by atoms with Gasteiger partial charge < -0.3 is 0 Å². The summed E-state index contributed by atoms with van der Waals surface area (Å²) in [6.45, 7) is 1.30. The molecule has 0 amide bonds. The molecule has 0 saturated heterocycles. The molecule has 0 aliphatic heterocycles. The van der Waals surface area contributed by atoms with E-state index in [9.17, 15) is 27.2 Å². The fraction of sp³-hybridized carbons (Fsp3) is 0.381. The SMILES string of the molecule is C[C@H]1c2c(Cl)c(F)cc([C@H]3CC[C@H](F)c4cc(F)cc(C#N)c43)c2CC1(F)F. The molecule has 2 aliphatic rings. The van der Waals surface area contributed by atoms with E-state index in [-0.39, 0.29) is 51.2 Å². The zero-order valence-corrected chi connectivity index (χ0v) is 15.6. The van der Waals surface area contributed by atoms with Crippen LogP contribution in [0.3, 0.4) is 0 Å². The van der Waals surface area contributed by atoms with E-state index in [1.54, 1.807) is 0 Å². The fourth-order valence-corrected chi connectivity index (χ4v) is 4.90. The first-order chi connectivity index (χ1) is 13.2. The molecule has 0 radical (unpaired) electrons. The van der Waals surface area contributed by atoms with Crippen LogP contribution in [0.5, 0.6) is 0 Å². The van der Waals surface area contributed by atoms with Gasteiger partial charge in [0.15, 0.2) is 0 Å². The van der Waals surface area contributed by atoms with Crippen molar-refractivity contribution < 1.29 is 22.0 Å². The largest absolute Gasteiger partial charge is 0.258 e. The third-order valence-corrected chi connectivity index (χ3v) is 6.33. The topological polar surface area (TPSA) is 23.8 Å². The van der Waals surface area contributed by atoms with Crippen molar-refractivity contribution in [2.75, 3.05) is 0 Å². The predicted molar refractivity (Wildman–Crippen MR) is 94.5 cm³/mol. The lowest BCUT2D eigenvalue weighted by molar-refractivity contribution is -0.00992. The molecule has 3 atom stereocenters. The first-order valence-corrected chi connectivity index (χ1v) is 9.29. The van der Waals surface area contributed by atoms with Gasteiger partial charge in [0.25, 0.3) is 5.92 Å². The van der Waals surface area contributed by atoms with Crippen molar-refractivity contribution in [1.29, 1.82) is 5.26 Å². The molecule has 0 heterocycles. The van der Waals surface area contributed by atoms with E-state index in [1.165, 1.54) is 6.92 Å². The molecule has 0 fully saturated rings. The highest BCUT2D eigenvalue weighted by Gasteiger charge is 2.48. The van der Waals surface area contributed by atoms with Gasteiger partial charge in [-0.3, -0.25) is 0 Å². The van der Waals surface area contributed by atoms with E-state index in [0.29, 0.717) is 0 Å². The van der Waals surface area contributed by atoms with Gasteiger partial charge in [0.1, 0.15) is 17.8 Å². The fourth-order valence-electron chi connectivity index (χ4n) is 4.57. The molecule has 0 spiro atoms. The Labute approximate surface area is 163 Å². The lowest BCUT2D eigenvalue weighted by Crippen LogP contribution is -2.20. The predicted octanol–water partition coefficient (Wildman–Crippen LogP) is 6.72. The summed E-state index contributed by atoms with van der Waals surface area (Å²) in [5, 5.41) is 9.10. The summed E-state index contributed by atoms with van der Waals surface area (Å²) < 4.78 is 71.7. The van der Waals surface area contributed by atoms with E-state index in [2.05, 4.69) is 0 Å². The number of hydrogen-bond donors (Lipinski definition) is 0. The number of fused-ring (bicyclic) bond motifs is 2. The van der Waals surface area contributed by atoms with E-state index in [4.69, 9.17) is 11.6 Å². The summed E-state index contributed by atoms with van der Waals surface area (Å²) in [7, 11) is 0. The lowest BCUT2D eigenvalue weighted by Gasteiger charge is -2.31. The standard InChI is InChI=1S/C21H15ClF5N/c1-9-18-15(7-21(9,26)27)13(6-17(25)20(18)22)12-2-3-16(24)14-5-11(23)4-10(8-28)19(12)14/h4-6,9,12,16H,2-3,7H2,1H3/t9-,12+,16-/m0/s1. The number of halogens is 6. The van der Waals surface area contributed by atoms with Gasteiger partial charge in [-0.25, -0.2) is 22.0 Å². The molecule has 7 heteroatoms. The second kappa shape index (κ2) is 6.45. The molecule has 4 rings (SSSR count). The summed E-state index contributed by atoms with van der Waals surface area (Å²) in [5.41, 5.74) is 0.780. The quantitative estimate of drug-likeness (QED) is 0.478. The normalized spacial score (nSPS) is 25.1. The first kappa shape index (κ1) is 19.2. The van der Waals surface area contributed by atoms with Crippen LogP contribution < -0.4 is 0 Å². The molecule has 0 bridgehead atoms. The monoisotopic (exact) mass is 411 g/mol. The Hall–Kier alpha value is -2.13. The molecule has 2 aromatic rings. The van der Waals surface area contributed by atoms with Crippen LogP contribution in [0.2, 0.25) is 5.02 Å². The Morgan fingerprint density at radius 3 is 2.50 bits per heavy atom. The molecule has 146 valence electrons. The van der Waals surface area contributed by atoms with Crippen molar-refractivity contribution in [3.8, 4) is 6.07 Å². The van der Waals surface area contributed by atoms with Crippen molar-refractivity contribution in [2.24, 2.45) is 0 Å². The van der Waals surface area contributed by atoms with Crippen molar-refractivity contribution >= 4 is 11.6 Å². The van der Waals surface area contributed by atoms with Gasteiger partial charge in [-0.2, -0.15) is 5.26 Å². The Balaban J connectivity index is 1.98. The van der Waals surface area contributed by atoms with Crippen LogP contribution in [0.25, 0.3) is 0 Å². The van der Waals surface area contributed by atoms with Crippen LogP contribution in [-0.4, -0.2) is 5.92 Å². The minimum Gasteiger partial charge on any atom is -0.242 e. The van der Waals surface area contributed by atoms with Crippen LogP contribution in [0.4, 0.5) is 22.0 Å². The van der Waals surface area contributed by atoms with Gasteiger partial charge in [0, 0.05) is 18.3 Å². The van der Waals surface area contributed by atoms with Gasteiger partial charge >= 0.3 is 0 Å². The van der Waals surface area contributed by atoms with E-state index < -0.39 is 42.0 Å². The number of hydrogen-bond acceptors (Lipinski definition) is 1. The minimum atomic E-state index is -3.09. The minimum absolute atomic E-state index is 0.0229. The maximum atomic E-state index is 14.5. The van der Waals surface area contributed by atoms with Crippen LogP contribution in [0.1, 0.15) is 71.2 Å². The lowest BCUT2D eigenvalue weighted by atomic mass is 9.74. The third kappa shape index (κ3) is 2.71. The molecule has 2 aliphatic carbocycles.